The van der Waals surface area contributed by atoms with Gasteiger partial charge in [0.2, 0.25) is 0 Å². The second-order valence-corrected chi connectivity index (χ2v) is 17.4. The Hall–Kier alpha value is -2.16. The first kappa shape index (κ1) is 44.6. The van der Waals surface area contributed by atoms with Gasteiger partial charge in [0.05, 0.1) is 23.9 Å². The number of carbonyl (C=O) groups excluding carboxylic acids is 3. The Kier molecular flexibility index (Phi) is 15.6. The SMILES string of the molecule is CCCN1C[C@H](C)C[C@@](C)(OC)[C@H](O[C@@H]2O[C@H](C)C[C@H](N(C)C)[C@H]2O)[C@@H](C)C(=O)C(C)(C)C(=O)O[C@@H](C)[C@@H]1CN1CCN(C(=O)c2cccc(Cl)c2)CC1. The zero-order valence-electron chi connectivity index (χ0n) is 34.5. The molecule has 0 aromatic heterocycles. The molecule has 306 valence electrons. The average Bonchev–Trinajstić information content (AvgIpc) is 3.12. The predicted molar refractivity (Wildman–Crippen MR) is 209 cm³/mol. The number of hydrogen-bond donors (Lipinski definition) is 1. The van der Waals surface area contributed by atoms with E-state index >= 15 is 0 Å². The summed E-state index contributed by atoms with van der Waals surface area (Å²) in [6.45, 7) is 19.7. The van der Waals surface area contributed by atoms with Crippen LogP contribution in [0.2, 0.25) is 5.02 Å². The lowest BCUT2D eigenvalue weighted by Crippen LogP contribution is -2.59. The van der Waals surface area contributed by atoms with Crippen LogP contribution in [0.15, 0.2) is 24.3 Å². The Morgan fingerprint density at radius 3 is 2.33 bits per heavy atom. The van der Waals surface area contributed by atoms with E-state index in [1.165, 1.54) is 0 Å². The van der Waals surface area contributed by atoms with Crippen molar-refractivity contribution in [2.75, 3.05) is 67.0 Å². The first-order valence-corrected chi connectivity index (χ1v) is 20.2. The van der Waals surface area contributed by atoms with Gasteiger partial charge in [-0.2, -0.15) is 0 Å². The predicted octanol–water partition coefficient (Wildman–Crippen LogP) is 4.60. The second kappa shape index (κ2) is 18.9. The maximum absolute atomic E-state index is 14.5. The minimum atomic E-state index is -1.50. The minimum Gasteiger partial charge on any atom is -0.460 e. The standard InChI is InChI=1S/C41H67ClN4O8/c1-12-16-46-24-26(2)23-41(8,51-11)36(54-38-34(47)32(43(9)10)21-27(3)52-38)28(4)35(48)40(6,7)39(50)53-29(5)33(46)25-44-17-19-45(20-18-44)37(49)30-14-13-15-31(42)22-30/h13-15,22,26-29,32-34,36,38,47H,12,16-21,23-25H2,1-11H3/t26-,27-,28+,29+,32+,33+,34-,36-,38+,41-/m1/s1. The summed E-state index contributed by atoms with van der Waals surface area (Å²) in [5.41, 5.74) is -1.90. The molecule has 10 atom stereocenters. The van der Waals surface area contributed by atoms with E-state index in [4.69, 9.17) is 30.5 Å². The van der Waals surface area contributed by atoms with Crippen molar-refractivity contribution in [3.8, 4) is 0 Å². The number of benzene rings is 1. The summed E-state index contributed by atoms with van der Waals surface area (Å²) in [4.78, 5) is 50.5. The summed E-state index contributed by atoms with van der Waals surface area (Å²) in [5.74, 6) is -1.69. The number of ketones is 1. The van der Waals surface area contributed by atoms with Gasteiger partial charge in [-0.25, -0.2) is 0 Å². The largest absolute Gasteiger partial charge is 0.460 e. The van der Waals surface area contributed by atoms with E-state index in [-0.39, 0.29) is 35.8 Å². The van der Waals surface area contributed by atoms with Crippen molar-refractivity contribution in [1.29, 1.82) is 0 Å². The molecule has 3 aliphatic heterocycles. The summed E-state index contributed by atoms with van der Waals surface area (Å²) in [5, 5.41) is 12.0. The van der Waals surface area contributed by atoms with Gasteiger partial charge in [0.15, 0.2) is 12.1 Å². The fourth-order valence-corrected chi connectivity index (χ4v) is 8.90. The van der Waals surface area contributed by atoms with Crippen LogP contribution in [0.4, 0.5) is 0 Å². The number of ether oxygens (including phenoxy) is 4. The number of carbonyl (C=O) groups is 3. The van der Waals surface area contributed by atoms with Gasteiger partial charge < -0.3 is 33.9 Å². The highest BCUT2D eigenvalue weighted by Gasteiger charge is 2.52. The minimum absolute atomic E-state index is 0.0378. The topological polar surface area (TPSA) is 121 Å². The second-order valence-electron chi connectivity index (χ2n) is 17.0. The third-order valence-electron chi connectivity index (χ3n) is 11.9. The van der Waals surface area contributed by atoms with E-state index in [0.717, 1.165) is 13.0 Å². The van der Waals surface area contributed by atoms with Crippen LogP contribution in [0.5, 0.6) is 0 Å². The van der Waals surface area contributed by atoms with Crippen LogP contribution < -0.4 is 0 Å². The van der Waals surface area contributed by atoms with Crippen LogP contribution in [0.1, 0.15) is 85.0 Å². The number of methoxy groups -OCH3 is 1. The zero-order chi connectivity index (χ0) is 40.1. The monoisotopic (exact) mass is 778 g/mol. The lowest BCUT2D eigenvalue weighted by molar-refractivity contribution is -0.295. The molecule has 0 spiro atoms. The lowest BCUT2D eigenvalue weighted by Gasteiger charge is -2.47. The van der Waals surface area contributed by atoms with Crippen LogP contribution in [0.3, 0.4) is 0 Å². The van der Waals surface area contributed by atoms with Gasteiger partial charge in [-0.05, 0) is 98.6 Å². The third-order valence-corrected chi connectivity index (χ3v) is 12.1. The molecule has 1 N–H and O–H groups in total. The highest BCUT2D eigenvalue weighted by atomic mass is 35.5. The van der Waals surface area contributed by atoms with E-state index in [2.05, 4.69) is 23.6 Å². The first-order chi connectivity index (χ1) is 25.3. The molecule has 0 unspecified atom stereocenters. The van der Waals surface area contributed by atoms with Crippen molar-refractivity contribution < 1.29 is 38.4 Å². The molecule has 0 radical (unpaired) electrons. The molecule has 13 heteroatoms. The van der Waals surface area contributed by atoms with Crippen LogP contribution >= 0.6 is 11.6 Å². The number of nitrogens with zero attached hydrogens (tertiary/aromatic N) is 4. The van der Waals surface area contributed by atoms with Crippen LogP contribution in [-0.4, -0.2) is 158 Å². The molecule has 3 heterocycles. The molecule has 0 aliphatic carbocycles. The number of piperazine rings is 1. The van der Waals surface area contributed by atoms with E-state index < -0.39 is 47.5 Å². The van der Waals surface area contributed by atoms with Gasteiger partial charge in [-0.15, -0.1) is 0 Å². The van der Waals surface area contributed by atoms with Crippen LogP contribution in [-0.2, 0) is 28.5 Å². The number of cyclic esters (lactones) is 1. The van der Waals surface area contributed by atoms with Crippen LogP contribution in [0, 0.1) is 17.3 Å². The lowest BCUT2D eigenvalue weighted by atomic mass is 9.74. The third kappa shape index (κ3) is 10.4. The summed E-state index contributed by atoms with van der Waals surface area (Å²) >= 11 is 6.17. The summed E-state index contributed by atoms with van der Waals surface area (Å²) in [7, 11) is 5.47. The molecule has 3 saturated heterocycles. The van der Waals surface area contributed by atoms with E-state index in [1.807, 2.05) is 44.7 Å². The van der Waals surface area contributed by atoms with Gasteiger partial charge >= 0.3 is 5.97 Å². The number of esters is 1. The fourth-order valence-electron chi connectivity index (χ4n) is 8.71. The van der Waals surface area contributed by atoms with Gasteiger partial charge in [0.1, 0.15) is 17.6 Å². The molecular formula is C41H67ClN4O8. The Balaban J connectivity index is 1.62. The summed E-state index contributed by atoms with van der Waals surface area (Å²) in [6, 6.07) is 6.66. The zero-order valence-corrected chi connectivity index (χ0v) is 35.3. The number of rotatable bonds is 9. The number of hydrogen-bond acceptors (Lipinski definition) is 11. The highest BCUT2D eigenvalue weighted by molar-refractivity contribution is 6.31. The van der Waals surface area contributed by atoms with E-state index in [9.17, 15) is 19.5 Å². The van der Waals surface area contributed by atoms with Gasteiger partial charge in [0.25, 0.3) is 5.91 Å². The number of aliphatic hydroxyl groups excluding tert-OH is 1. The van der Waals surface area contributed by atoms with E-state index in [0.29, 0.717) is 62.7 Å². The molecule has 1 amide bonds. The summed E-state index contributed by atoms with van der Waals surface area (Å²) in [6.07, 6.45) is -1.45. The van der Waals surface area contributed by atoms with Crippen LogP contribution in [0.25, 0.3) is 0 Å². The van der Waals surface area contributed by atoms with Crippen molar-refractivity contribution in [3.63, 3.8) is 0 Å². The summed E-state index contributed by atoms with van der Waals surface area (Å²) < 4.78 is 25.5. The van der Waals surface area contributed by atoms with Crippen molar-refractivity contribution in [2.45, 2.75) is 123 Å². The number of likely N-dealkylation sites (N-methyl/N-ethyl adjacent to an activating group) is 1. The highest BCUT2D eigenvalue weighted by Crippen LogP contribution is 2.39. The first-order valence-electron chi connectivity index (χ1n) is 19.8. The number of amides is 1. The molecule has 0 saturated carbocycles. The fraction of sp³-hybridized carbons (Fsp3) is 0.780. The van der Waals surface area contributed by atoms with Gasteiger partial charge in [-0.3, -0.25) is 24.2 Å². The Morgan fingerprint density at radius 1 is 1.07 bits per heavy atom. The van der Waals surface area contributed by atoms with Crippen molar-refractivity contribution in [1.82, 2.24) is 19.6 Å². The molecule has 3 aliphatic rings. The smallest absolute Gasteiger partial charge is 0.319 e. The number of Topliss-reactive ketones (excluding diaryl/α,β-unsaturated/α-hetero) is 1. The molecule has 1 aromatic carbocycles. The molecule has 3 fully saturated rings. The van der Waals surface area contributed by atoms with Gasteiger partial charge in [0, 0.05) is 68.9 Å². The van der Waals surface area contributed by atoms with Crippen molar-refractivity contribution in [2.24, 2.45) is 17.3 Å². The molecular weight excluding hydrogens is 712 g/mol. The molecule has 12 nitrogen and oxygen atoms in total. The van der Waals surface area contributed by atoms with Crippen molar-refractivity contribution >= 4 is 29.3 Å². The maximum atomic E-state index is 14.5. The quantitative estimate of drug-likeness (QED) is 0.280. The van der Waals surface area contributed by atoms with E-state index in [1.54, 1.807) is 52.1 Å². The molecule has 4 rings (SSSR count). The van der Waals surface area contributed by atoms with Gasteiger partial charge in [-0.1, -0.05) is 38.4 Å². The average molecular weight is 779 g/mol. The normalized spacial score (nSPS) is 35.2. The number of aliphatic hydroxyl groups is 1. The molecule has 54 heavy (non-hydrogen) atoms. The van der Waals surface area contributed by atoms with Crippen molar-refractivity contribution in [3.05, 3.63) is 34.9 Å². The Labute approximate surface area is 328 Å². The molecule has 0 bridgehead atoms. The number of halogens is 1. The Bertz CT molecular complexity index is 1420. The maximum Gasteiger partial charge on any atom is 0.319 e. The molecule has 1 aromatic rings. The Morgan fingerprint density at radius 2 is 1.74 bits per heavy atom.